The summed E-state index contributed by atoms with van der Waals surface area (Å²) >= 11 is 0. The van der Waals surface area contributed by atoms with E-state index < -0.39 is 9.84 Å². The van der Waals surface area contributed by atoms with Gasteiger partial charge in [0.1, 0.15) is 9.84 Å². The molecule has 0 bridgehead atoms. The molecule has 0 radical (unpaired) electrons. The Kier molecular flexibility index (Phi) is 4.80. The van der Waals surface area contributed by atoms with Crippen LogP contribution in [0.2, 0.25) is 0 Å². The van der Waals surface area contributed by atoms with Crippen molar-refractivity contribution >= 4 is 9.84 Å². The van der Waals surface area contributed by atoms with Gasteiger partial charge in [-0.1, -0.05) is 13.8 Å². The second kappa shape index (κ2) is 5.50. The van der Waals surface area contributed by atoms with Crippen LogP contribution in [0.25, 0.3) is 0 Å². The Balaban J connectivity index is 2.32. The Labute approximate surface area is 99.7 Å². The van der Waals surface area contributed by atoms with Gasteiger partial charge in [0.05, 0.1) is 5.75 Å². The summed E-state index contributed by atoms with van der Waals surface area (Å²) in [4.78, 5) is 0. The monoisotopic (exact) mass is 247 g/mol. The van der Waals surface area contributed by atoms with Crippen molar-refractivity contribution in [3.63, 3.8) is 0 Å². The zero-order chi connectivity index (χ0) is 12.2. The third-order valence-electron chi connectivity index (χ3n) is 3.84. The maximum atomic E-state index is 11.4. The normalized spacial score (nSPS) is 31.6. The molecule has 96 valence electrons. The van der Waals surface area contributed by atoms with Gasteiger partial charge in [-0.2, -0.15) is 0 Å². The van der Waals surface area contributed by atoms with Gasteiger partial charge in [-0.15, -0.1) is 0 Å². The molecule has 1 aliphatic carbocycles. The lowest BCUT2D eigenvalue weighted by molar-refractivity contribution is 0.231. The summed E-state index contributed by atoms with van der Waals surface area (Å²) in [6.07, 6.45) is 6.08. The molecule has 16 heavy (non-hydrogen) atoms. The van der Waals surface area contributed by atoms with Crippen molar-refractivity contribution in [3.05, 3.63) is 0 Å². The SMILES string of the molecule is CCS(=O)(=O)CCCC1(N)CCC(C)CC1. The first-order valence-electron chi connectivity index (χ1n) is 6.36. The zero-order valence-electron chi connectivity index (χ0n) is 10.5. The van der Waals surface area contributed by atoms with Crippen molar-refractivity contribution in [1.82, 2.24) is 0 Å². The van der Waals surface area contributed by atoms with Crippen LogP contribution in [0.4, 0.5) is 0 Å². The standard InChI is InChI=1S/C12H25NO2S/c1-3-16(14,15)10-4-7-12(13)8-5-11(2)6-9-12/h11H,3-10,13H2,1-2H3. The van der Waals surface area contributed by atoms with Gasteiger partial charge in [-0.3, -0.25) is 0 Å². The van der Waals surface area contributed by atoms with Gasteiger partial charge in [-0.05, 0) is 44.4 Å². The molecule has 3 nitrogen and oxygen atoms in total. The number of nitrogens with two attached hydrogens (primary N) is 1. The van der Waals surface area contributed by atoms with Gasteiger partial charge in [0.25, 0.3) is 0 Å². The summed E-state index contributed by atoms with van der Waals surface area (Å²) in [5, 5.41) is 0. The molecule has 0 unspecified atom stereocenters. The van der Waals surface area contributed by atoms with E-state index in [1.165, 1.54) is 12.8 Å². The highest BCUT2D eigenvalue weighted by Crippen LogP contribution is 2.33. The van der Waals surface area contributed by atoms with Crippen LogP contribution in [0.1, 0.15) is 52.4 Å². The van der Waals surface area contributed by atoms with E-state index in [1.54, 1.807) is 6.92 Å². The van der Waals surface area contributed by atoms with Crippen LogP contribution >= 0.6 is 0 Å². The molecule has 0 aromatic rings. The number of sulfone groups is 1. The predicted octanol–water partition coefficient (Wildman–Crippen LogP) is 2.11. The van der Waals surface area contributed by atoms with Crippen LogP contribution in [-0.2, 0) is 9.84 Å². The van der Waals surface area contributed by atoms with Crippen LogP contribution in [0.5, 0.6) is 0 Å². The van der Waals surface area contributed by atoms with E-state index in [9.17, 15) is 8.42 Å². The molecule has 0 heterocycles. The van der Waals surface area contributed by atoms with Gasteiger partial charge in [0.2, 0.25) is 0 Å². The second-order valence-electron chi connectivity index (χ2n) is 5.38. The zero-order valence-corrected chi connectivity index (χ0v) is 11.4. The van der Waals surface area contributed by atoms with Crippen LogP contribution < -0.4 is 5.73 Å². The quantitative estimate of drug-likeness (QED) is 0.809. The third kappa shape index (κ3) is 4.42. The fraction of sp³-hybridized carbons (Fsp3) is 1.00. The van der Waals surface area contributed by atoms with E-state index in [0.29, 0.717) is 5.75 Å². The minimum Gasteiger partial charge on any atom is -0.325 e. The fourth-order valence-corrected chi connectivity index (χ4v) is 3.25. The minimum atomic E-state index is -2.81. The Hall–Kier alpha value is -0.0900. The summed E-state index contributed by atoms with van der Waals surface area (Å²) < 4.78 is 22.7. The molecule has 1 rings (SSSR count). The largest absolute Gasteiger partial charge is 0.325 e. The van der Waals surface area contributed by atoms with Crippen LogP contribution in [0.3, 0.4) is 0 Å². The summed E-state index contributed by atoms with van der Waals surface area (Å²) in [7, 11) is -2.81. The highest BCUT2D eigenvalue weighted by molar-refractivity contribution is 7.91. The van der Waals surface area contributed by atoms with E-state index in [-0.39, 0.29) is 11.3 Å². The van der Waals surface area contributed by atoms with Gasteiger partial charge < -0.3 is 5.73 Å². The smallest absolute Gasteiger partial charge is 0.150 e. The van der Waals surface area contributed by atoms with E-state index in [0.717, 1.165) is 31.6 Å². The van der Waals surface area contributed by atoms with E-state index in [1.807, 2.05) is 0 Å². The van der Waals surface area contributed by atoms with E-state index in [4.69, 9.17) is 5.73 Å². The van der Waals surface area contributed by atoms with Crippen molar-refractivity contribution in [2.75, 3.05) is 11.5 Å². The molecule has 2 N–H and O–H groups in total. The summed E-state index contributed by atoms with van der Waals surface area (Å²) in [5.74, 6) is 1.34. The molecule has 0 aliphatic heterocycles. The topological polar surface area (TPSA) is 60.2 Å². The Morgan fingerprint density at radius 3 is 2.38 bits per heavy atom. The average Bonchev–Trinajstić information content (AvgIpc) is 2.23. The first kappa shape index (κ1) is 14.0. The third-order valence-corrected chi connectivity index (χ3v) is 5.63. The van der Waals surface area contributed by atoms with Crippen LogP contribution in [-0.4, -0.2) is 25.5 Å². The Bertz CT molecular complexity index is 303. The molecule has 1 fully saturated rings. The average molecular weight is 247 g/mol. The van der Waals surface area contributed by atoms with Crippen molar-refractivity contribution in [2.24, 2.45) is 11.7 Å². The molecule has 0 aromatic carbocycles. The molecular formula is C12H25NO2S. The van der Waals surface area contributed by atoms with Gasteiger partial charge in [0, 0.05) is 11.3 Å². The molecule has 0 amide bonds. The summed E-state index contributed by atoms with van der Waals surface area (Å²) in [5.41, 5.74) is 6.21. The van der Waals surface area contributed by atoms with Crippen molar-refractivity contribution in [3.8, 4) is 0 Å². The molecule has 0 atom stereocenters. The molecule has 0 spiro atoms. The Morgan fingerprint density at radius 2 is 1.88 bits per heavy atom. The van der Waals surface area contributed by atoms with Crippen molar-refractivity contribution in [1.29, 1.82) is 0 Å². The lowest BCUT2D eigenvalue weighted by Gasteiger charge is -2.36. The maximum absolute atomic E-state index is 11.4. The molecule has 0 saturated heterocycles. The molecule has 0 aromatic heterocycles. The Morgan fingerprint density at radius 1 is 1.31 bits per heavy atom. The molecule has 1 saturated carbocycles. The first-order chi connectivity index (χ1) is 7.37. The van der Waals surface area contributed by atoms with Crippen LogP contribution in [0, 0.1) is 5.92 Å². The fourth-order valence-electron chi connectivity index (χ4n) is 2.38. The summed E-state index contributed by atoms with van der Waals surface area (Å²) in [6, 6.07) is 0. The second-order valence-corrected chi connectivity index (χ2v) is 7.86. The number of hydrogen-bond donors (Lipinski definition) is 1. The van der Waals surface area contributed by atoms with Gasteiger partial charge in [-0.25, -0.2) is 8.42 Å². The van der Waals surface area contributed by atoms with Gasteiger partial charge >= 0.3 is 0 Å². The lowest BCUT2D eigenvalue weighted by atomic mass is 9.75. The van der Waals surface area contributed by atoms with Gasteiger partial charge in [0.15, 0.2) is 0 Å². The van der Waals surface area contributed by atoms with Crippen LogP contribution in [0.15, 0.2) is 0 Å². The highest BCUT2D eigenvalue weighted by atomic mass is 32.2. The van der Waals surface area contributed by atoms with E-state index in [2.05, 4.69) is 6.92 Å². The maximum Gasteiger partial charge on any atom is 0.150 e. The number of rotatable bonds is 5. The highest BCUT2D eigenvalue weighted by Gasteiger charge is 2.29. The van der Waals surface area contributed by atoms with E-state index >= 15 is 0 Å². The van der Waals surface area contributed by atoms with Crippen molar-refractivity contribution in [2.45, 2.75) is 57.9 Å². The molecular weight excluding hydrogens is 222 g/mol. The number of hydrogen-bond acceptors (Lipinski definition) is 3. The first-order valence-corrected chi connectivity index (χ1v) is 8.18. The van der Waals surface area contributed by atoms with Crippen molar-refractivity contribution < 1.29 is 8.42 Å². The molecule has 4 heteroatoms. The minimum absolute atomic E-state index is 0.0875. The predicted molar refractivity (Wildman–Crippen MR) is 68.1 cm³/mol. The molecule has 1 aliphatic rings. The lowest BCUT2D eigenvalue weighted by Crippen LogP contribution is -2.43. The summed E-state index contributed by atoms with van der Waals surface area (Å²) in [6.45, 7) is 3.97.